The van der Waals surface area contributed by atoms with Crippen LogP contribution in [0.15, 0.2) is 4.42 Å². The minimum atomic E-state index is 0.0553. The molecule has 114 valence electrons. The van der Waals surface area contributed by atoms with Crippen LogP contribution < -0.4 is 0 Å². The van der Waals surface area contributed by atoms with Gasteiger partial charge in [0, 0.05) is 19.0 Å². The SMILES string of the molecule is Cc1nc(C2CC2)oc1C(=O)N1CCC2(CCCC2)CC1. The predicted octanol–water partition coefficient (Wildman–Crippen LogP) is 3.66. The van der Waals surface area contributed by atoms with Gasteiger partial charge < -0.3 is 9.32 Å². The third-order valence-electron chi connectivity index (χ3n) is 5.71. The third kappa shape index (κ3) is 2.39. The van der Waals surface area contributed by atoms with Crippen LogP contribution in [0, 0.1) is 12.3 Å². The Morgan fingerprint density at radius 1 is 1.19 bits per heavy atom. The van der Waals surface area contributed by atoms with Crippen molar-refractivity contribution in [2.45, 2.75) is 64.2 Å². The average molecular weight is 288 g/mol. The van der Waals surface area contributed by atoms with Gasteiger partial charge in [-0.3, -0.25) is 4.79 Å². The lowest BCUT2D eigenvalue weighted by molar-refractivity contribution is 0.0555. The number of piperidine rings is 1. The van der Waals surface area contributed by atoms with Gasteiger partial charge in [-0.2, -0.15) is 0 Å². The van der Waals surface area contributed by atoms with Crippen LogP contribution in [-0.4, -0.2) is 28.9 Å². The lowest BCUT2D eigenvalue weighted by atomic mass is 9.77. The lowest BCUT2D eigenvalue weighted by Crippen LogP contribution is -2.42. The fourth-order valence-electron chi connectivity index (χ4n) is 4.07. The smallest absolute Gasteiger partial charge is 0.291 e. The molecule has 4 nitrogen and oxygen atoms in total. The Kier molecular flexibility index (Phi) is 3.09. The molecule has 2 heterocycles. The Bertz CT molecular complexity index is 543. The van der Waals surface area contributed by atoms with E-state index in [1.165, 1.54) is 38.5 Å². The van der Waals surface area contributed by atoms with E-state index in [2.05, 4.69) is 4.98 Å². The number of nitrogens with zero attached hydrogens (tertiary/aromatic N) is 2. The molecule has 1 amide bonds. The topological polar surface area (TPSA) is 46.3 Å². The van der Waals surface area contributed by atoms with Gasteiger partial charge in [0.25, 0.3) is 5.91 Å². The van der Waals surface area contributed by atoms with Gasteiger partial charge in [-0.15, -0.1) is 0 Å². The number of oxazole rings is 1. The van der Waals surface area contributed by atoms with Crippen molar-refractivity contribution in [2.24, 2.45) is 5.41 Å². The highest BCUT2D eigenvalue weighted by Gasteiger charge is 2.39. The van der Waals surface area contributed by atoms with Crippen LogP contribution in [0.3, 0.4) is 0 Å². The van der Waals surface area contributed by atoms with Gasteiger partial charge in [0.05, 0.1) is 5.69 Å². The Balaban J connectivity index is 1.45. The van der Waals surface area contributed by atoms with Gasteiger partial charge in [-0.05, 0) is 50.9 Å². The molecule has 0 unspecified atom stereocenters. The molecule has 3 fully saturated rings. The molecule has 0 N–H and O–H groups in total. The van der Waals surface area contributed by atoms with E-state index in [1.807, 2.05) is 11.8 Å². The first-order valence-electron chi connectivity index (χ1n) is 8.44. The highest BCUT2D eigenvalue weighted by Crippen LogP contribution is 2.46. The summed E-state index contributed by atoms with van der Waals surface area (Å²) in [7, 11) is 0. The van der Waals surface area contributed by atoms with E-state index in [0.29, 0.717) is 17.1 Å². The maximum Gasteiger partial charge on any atom is 0.291 e. The largest absolute Gasteiger partial charge is 0.435 e. The lowest BCUT2D eigenvalue weighted by Gasteiger charge is -2.39. The molecular formula is C17H24N2O2. The highest BCUT2D eigenvalue weighted by atomic mass is 16.4. The molecule has 3 aliphatic rings. The number of hydrogen-bond acceptors (Lipinski definition) is 3. The number of likely N-dealkylation sites (tertiary alicyclic amines) is 1. The van der Waals surface area contributed by atoms with E-state index >= 15 is 0 Å². The molecule has 21 heavy (non-hydrogen) atoms. The fraction of sp³-hybridized carbons (Fsp3) is 0.765. The molecule has 2 saturated carbocycles. The summed E-state index contributed by atoms with van der Waals surface area (Å²) in [6.07, 6.45) is 10.1. The normalized spacial score (nSPS) is 24.7. The van der Waals surface area contributed by atoms with E-state index < -0.39 is 0 Å². The average Bonchev–Trinajstić information content (AvgIpc) is 3.14. The van der Waals surface area contributed by atoms with Gasteiger partial charge in [0.15, 0.2) is 5.89 Å². The second kappa shape index (κ2) is 4.85. The molecule has 1 spiro atoms. The summed E-state index contributed by atoms with van der Waals surface area (Å²) in [4.78, 5) is 19.1. The molecule has 0 radical (unpaired) electrons. The first-order valence-corrected chi connectivity index (χ1v) is 8.44. The third-order valence-corrected chi connectivity index (χ3v) is 5.71. The second-order valence-electron chi connectivity index (χ2n) is 7.24. The zero-order chi connectivity index (χ0) is 14.4. The minimum Gasteiger partial charge on any atom is -0.435 e. The number of amides is 1. The van der Waals surface area contributed by atoms with E-state index in [-0.39, 0.29) is 5.91 Å². The van der Waals surface area contributed by atoms with Crippen molar-refractivity contribution in [2.75, 3.05) is 13.1 Å². The molecule has 4 rings (SSSR count). The van der Waals surface area contributed by atoms with Gasteiger partial charge in [-0.1, -0.05) is 12.8 Å². The summed E-state index contributed by atoms with van der Waals surface area (Å²) in [5, 5.41) is 0. The van der Waals surface area contributed by atoms with Crippen molar-refractivity contribution in [3.05, 3.63) is 17.3 Å². The number of carbonyl (C=O) groups is 1. The summed E-state index contributed by atoms with van der Waals surface area (Å²) in [6.45, 7) is 3.67. The molecule has 4 heteroatoms. The maximum atomic E-state index is 12.7. The maximum absolute atomic E-state index is 12.7. The van der Waals surface area contributed by atoms with Crippen LogP contribution >= 0.6 is 0 Å². The minimum absolute atomic E-state index is 0.0553. The molecule has 1 saturated heterocycles. The molecule has 1 aliphatic heterocycles. The van der Waals surface area contributed by atoms with Crippen molar-refractivity contribution in [1.82, 2.24) is 9.88 Å². The summed E-state index contributed by atoms with van der Waals surface area (Å²) < 4.78 is 5.77. The van der Waals surface area contributed by atoms with Crippen LogP contribution in [0.25, 0.3) is 0 Å². The molecule has 1 aromatic rings. The first kappa shape index (κ1) is 13.4. The Morgan fingerprint density at radius 3 is 2.48 bits per heavy atom. The monoisotopic (exact) mass is 288 g/mol. The van der Waals surface area contributed by atoms with Crippen LogP contribution in [0.2, 0.25) is 0 Å². The molecular weight excluding hydrogens is 264 g/mol. The number of rotatable bonds is 2. The van der Waals surface area contributed by atoms with Crippen molar-refractivity contribution in [3.8, 4) is 0 Å². The van der Waals surface area contributed by atoms with Crippen molar-refractivity contribution in [3.63, 3.8) is 0 Å². The van der Waals surface area contributed by atoms with E-state index in [0.717, 1.165) is 37.5 Å². The Hall–Kier alpha value is -1.32. The van der Waals surface area contributed by atoms with E-state index in [1.54, 1.807) is 0 Å². The molecule has 0 atom stereocenters. The van der Waals surface area contributed by atoms with Gasteiger partial charge in [0.2, 0.25) is 5.76 Å². The molecule has 0 bridgehead atoms. The standard InChI is InChI=1S/C17H24N2O2/c1-12-14(21-15(18-12)13-4-5-13)16(20)19-10-8-17(9-11-19)6-2-3-7-17/h13H,2-11H2,1H3. The van der Waals surface area contributed by atoms with Crippen LogP contribution in [-0.2, 0) is 0 Å². The van der Waals surface area contributed by atoms with Gasteiger partial charge in [-0.25, -0.2) is 4.98 Å². The van der Waals surface area contributed by atoms with Crippen molar-refractivity contribution in [1.29, 1.82) is 0 Å². The Labute approximate surface area is 125 Å². The fourth-order valence-corrected chi connectivity index (χ4v) is 4.07. The van der Waals surface area contributed by atoms with Crippen molar-refractivity contribution >= 4 is 5.91 Å². The highest BCUT2D eigenvalue weighted by molar-refractivity contribution is 5.92. The summed E-state index contributed by atoms with van der Waals surface area (Å²) in [5.41, 5.74) is 1.31. The summed E-state index contributed by atoms with van der Waals surface area (Å²) >= 11 is 0. The number of hydrogen-bond donors (Lipinski definition) is 0. The van der Waals surface area contributed by atoms with E-state index in [9.17, 15) is 4.79 Å². The Morgan fingerprint density at radius 2 is 1.86 bits per heavy atom. The first-order chi connectivity index (χ1) is 10.2. The van der Waals surface area contributed by atoms with Crippen LogP contribution in [0.1, 0.15) is 79.4 Å². The quantitative estimate of drug-likeness (QED) is 0.834. The van der Waals surface area contributed by atoms with Gasteiger partial charge in [0.1, 0.15) is 0 Å². The molecule has 0 aromatic carbocycles. The summed E-state index contributed by atoms with van der Waals surface area (Å²) in [6, 6.07) is 0. The number of carbonyl (C=O) groups excluding carboxylic acids is 1. The van der Waals surface area contributed by atoms with Crippen LogP contribution in [0.5, 0.6) is 0 Å². The zero-order valence-electron chi connectivity index (χ0n) is 12.9. The van der Waals surface area contributed by atoms with Crippen molar-refractivity contribution < 1.29 is 9.21 Å². The molecule has 2 aliphatic carbocycles. The summed E-state index contributed by atoms with van der Waals surface area (Å²) in [5.74, 6) is 1.78. The number of aromatic nitrogens is 1. The van der Waals surface area contributed by atoms with E-state index in [4.69, 9.17) is 4.42 Å². The number of aryl methyl sites for hydroxylation is 1. The zero-order valence-corrected chi connectivity index (χ0v) is 12.9. The van der Waals surface area contributed by atoms with Gasteiger partial charge >= 0.3 is 0 Å². The predicted molar refractivity (Wildman–Crippen MR) is 79.3 cm³/mol. The second-order valence-corrected chi connectivity index (χ2v) is 7.24. The van der Waals surface area contributed by atoms with Crippen LogP contribution in [0.4, 0.5) is 0 Å². The molecule has 1 aromatic heterocycles.